The van der Waals surface area contributed by atoms with Crippen molar-refractivity contribution in [1.29, 1.82) is 0 Å². The van der Waals surface area contributed by atoms with E-state index < -0.39 is 0 Å². The average molecular weight is 340 g/mol. The molecule has 0 saturated carbocycles. The minimum atomic E-state index is -0.235. The van der Waals surface area contributed by atoms with Crippen LogP contribution in [-0.2, 0) is 0 Å². The molecule has 3 nitrogen and oxygen atoms in total. The van der Waals surface area contributed by atoms with E-state index in [1.165, 1.54) is 0 Å². The van der Waals surface area contributed by atoms with Gasteiger partial charge in [0, 0.05) is 10.7 Å². The fourth-order valence-electron chi connectivity index (χ4n) is 1.73. The minimum Gasteiger partial charge on any atom is -0.345 e. The summed E-state index contributed by atoms with van der Waals surface area (Å²) in [6.45, 7) is 1.92. The van der Waals surface area contributed by atoms with Gasteiger partial charge >= 0.3 is 0 Å². The summed E-state index contributed by atoms with van der Waals surface area (Å²) in [5, 5.41) is 3.11. The lowest BCUT2D eigenvalue weighted by atomic mass is 10.1. The number of hydrogen-bond donors (Lipinski definition) is 1. The number of carbonyl (C=O) groups is 1. The first-order valence-electron chi connectivity index (χ1n) is 5.75. The highest BCUT2D eigenvalue weighted by molar-refractivity contribution is 9.10. The van der Waals surface area contributed by atoms with Crippen LogP contribution in [0.15, 0.2) is 47.1 Å². The van der Waals surface area contributed by atoms with Crippen LogP contribution in [0.4, 0.5) is 0 Å². The lowest BCUT2D eigenvalue weighted by Gasteiger charge is -2.16. The van der Waals surface area contributed by atoms with Crippen molar-refractivity contribution in [1.82, 2.24) is 10.3 Å². The zero-order chi connectivity index (χ0) is 13.8. The number of aromatic nitrogens is 1. The number of carbonyl (C=O) groups excluding carboxylic acids is 1. The summed E-state index contributed by atoms with van der Waals surface area (Å²) >= 11 is 9.37. The highest BCUT2D eigenvalue weighted by Crippen LogP contribution is 2.23. The largest absolute Gasteiger partial charge is 0.345 e. The molecule has 1 heterocycles. The molecular weight excluding hydrogens is 328 g/mol. The normalized spacial score (nSPS) is 11.9. The Morgan fingerprint density at radius 2 is 2.05 bits per heavy atom. The fourth-order valence-corrected chi connectivity index (χ4v) is 2.57. The Labute approximate surface area is 125 Å². The van der Waals surface area contributed by atoms with Gasteiger partial charge in [-0.25, -0.2) is 4.98 Å². The monoisotopic (exact) mass is 338 g/mol. The molecule has 1 aromatic carbocycles. The van der Waals surface area contributed by atoms with E-state index >= 15 is 0 Å². The molecule has 0 unspecified atom stereocenters. The Morgan fingerprint density at radius 3 is 2.74 bits per heavy atom. The molecule has 0 radical (unpaired) electrons. The van der Waals surface area contributed by atoms with Crippen LogP contribution in [0.5, 0.6) is 0 Å². The van der Waals surface area contributed by atoms with Crippen LogP contribution in [0, 0.1) is 0 Å². The maximum absolute atomic E-state index is 12.1. The Bertz CT molecular complexity index is 604. The molecule has 98 valence electrons. The molecule has 1 N–H and O–H groups in total. The molecule has 1 aromatic heterocycles. The quantitative estimate of drug-likeness (QED) is 0.859. The number of benzene rings is 1. The molecule has 0 saturated heterocycles. The molecule has 0 spiro atoms. The third kappa shape index (κ3) is 3.33. The summed E-state index contributed by atoms with van der Waals surface area (Å²) in [6, 6.07) is 11.0. The molecule has 2 rings (SSSR count). The van der Waals surface area contributed by atoms with Gasteiger partial charge in [-0.1, -0.05) is 45.7 Å². The minimum absolute atomic E-state index is 0.126. The molecule has 0 aliphatic carbocycles. The lowest BCUT2D eigenvalue weighted by molar-refractivity contribution is 0.0939. The van der Waals surface area contributed by atoms with E-state index in [-0.39, 0.29) is 17.1 Å². The molecule has 19 heavy (non-hydrogen) atoms. The topological polar surface area (TPSA) is 42.0 Å². The van der Waals surface area contributed by atoms with E-state index in [2.05, 4.69) is 26.2 Å². The van der Waals surface area contributed by atoms with E-state index in [4.69, 9.17) is 11.6 Å². The third-order valence-electron chi connectivity index (χ3n) is 2.72. The number of nitrogens with one attached hydrogen (secondary N) is 1. The zero-order valence-electron chi connectivity index (χ0n) is 10.2. The molecule has 0 fully saturated rings. The van der Waals surface area contributed by atoms with Gasteiger partial charge in [-0.2, -0.15) is 0 Å². The van der Waals surface area contributed by atoms with Gasteiger partial charge in [0.2, 0.25) is 0 Å². The second-order valence-corrected chi connectivity index (χ2v) is 5.27. The number of pyridine rings is 1. The van der Waals surface area contributed by atoms with Crippen molar-refractivity contribution in [2.45, 2.75) is 13.0 Å². The van der Waals surface area contributed by atoms with Crippen LogP contribution in [0.25, 0.3) is 0 Å². The average Bonchev–Trinajstić information content (AvgIpc) is 2.39. The molecule has 0 bridgehead atoms. The van der Waals surface area contributed by atoms with Crippen LogP contribution >= 0.6 is 27.5 Å². The van der Waals surface area contributed by atoms with Crippen LogP contribution in [-0.4, -0.2) is 10.9 Å². The Morgan fingerprint density at radius 1 is 1.32 bits per heavy atom. The van der Waals surface area contributed by atoms with Crippen molar-refractivity contribution in [2.75, 3.05) is 0 Å². The van der Waals surface area contributed by atoms with Crippen molar-refractivity contribution >= 4 is 33.4 Å². The SMILES string of the molecule is C[C@@H](NC(=O)c1cccnc1Cl)c1ccccc1Br. The summed E-state index contributed by atoms with van der Waals surface area (Å²) in [6.07, 6.45) is 1.55. The molecule has 0 aliphatic rings. The predicted octanol–water partition coefficient (Wildman–Crippen LogP) is 3.99. The highest BCUT2D eigenvalue weighted by Gasteiger charge is 2.15. The summed E-state index contributed by atoms with van der Waals surface area (Å²) < 4.78 is 0.958. The van der Waals surface area contributed by atoms with Crippen LogP contribution in [0.3, 0.4) is 0 Å². The Hall–Kier alpha value is -1.39. The first-order chi connectivity index (χ1) is 9.09. The van der Waals surface area contributed by atoms with Crippen LogP contribution < -0.4 is 5.32 Å². The van der Waals surface area contributed by atoms with Gasteiger partial charge in [0.25, 0.3) is 5.91 Å². The fraction of sp³-hybridized carbons (Fsp3) is 0.143. The summed E-state index contributed by atoms with van der Waals surface area (Å²) in [7, 11) is 0. The highest BCUT2D eigenvalue weighted by atomic mass is 79.9. The van der Waals surface area contributed by atoms with Crippen LogP contribution in [0.2, 0.25) is 5.15 Å². The summed E-state index contributed by atoms with van der Waals surface area (Å²) in [4.78, 5) is 16.0. The van der Waals surface area contributed by atoms with Crippen molar-refractivity contribution in [3.05, 3.63) is 63.3 Å². The zero-order valence-corrected chi connectivity index (χ0v) is 12.6. The molecule has 1 atom stereocenters. The second kappa shape index (κ2) is 6.17. The molecule has 1 amide bonds. The number of rotatable bonds is 3. The van der Waals surface area contributed by atoms with Gasteiger partial charge in [-0.15, -0.1) is 0 Å². The summed E-state index contributed by atoms with van der Waals surface area (Å²) in [5.41, 5.74) is 1.39. The summed E-state index contributed by atoms with van der Waals surface area (Å²) in [5.74, 6) is -0.235. The van der Waals surface area contributed by atoms with Crippen molar-refractivity contribution in [2.24, 2.45) is 0 Å². The first-order valence-corrected chi connectivity index (χ1v) is 6.92. The Kier molecular flexibility index (Phi) is 4.56. The second-order valence-electron chi connectivity index (χ2n) is 4.06. The molecule has 0 aliphatic heterocycles. The number of nitrogens with zero attached hydrogens (tertiary/aromatic N) is 1. The van der Waals surface area contributed by atoms with Gasteiger partial charge in [0.1, 0.15) is 5.15 Å². The van der Waals surface area contributed by atoms with Gasteiger partial charge < -0.3 is 5.32 Å². The standard InChI is InChI=1S/C14H12BrClN2O/c1-9(10-5-2-3-7-12(10)15)18-14(19)11-6-4-8-17-13(11)16/h2-9H,1H3,(H,18,19)/t9-/m1/s1. The number of amides is 1. The van der Waals surface area contributed by atoms with E-state index in [9.17, 15) is 4.79 Å². The van der Waals surface area contributed by atoms with E-state index in [1.54, 1.807) is 18.3 Å². The van der Waals surface area contributed by atoms with Crippen molar-refractivity contribution in [3.63, 3.8) is 0 Å². The third-order valence-corrected chi connectivity index (χ3v) is 3.75. The van der Waals surface area contributed by atoms with E-state index in [0.717, 1.165) is 10.0 Å². The van der Waals surface area contributed by atoms with E-state index in [0.29, 0.717) is 5.56 Å². The lowest BCUT2D eigenvalue weighted by Crippen LogP contribution is -2.27. The van der Waals surface area contributed by atoms with E-state index in [1.807, 2.05) is 31.2 Å². The van der Waals surface area contributed by atoms with Gasteiger partial charge in [0.05, 0.1) is 11.6 Å². The van der Waals surface area contributed by atoms with Gasteiger partial charge in [-0.05, 0) is 30.7 Å². The number of hydrogen-bond acceptors (Lipinski definition) is 2. The van der Waals surface area contributed by atoms with Crippen LogP contribution in [0.1, 0.15) is 28.9 Å². The first kappa shape index (κ1) is 14.0. The molecule has 5 heteroatoms. The predicted molar refractivity (Wildman–Crippen MR) is 79.3 cm³/mol. The maximum Gasteiger partial charge on any atom is 0.254 e. The smallest absolute Gasteiger partial charge is 0.254 e. The van der Waals surface area contributed by atoms with Crippen molar-refractivity contribution < 1.29 is 4.79 Å². The van der Waals surface area contributed by atoms with Gasteiger partial charge in [-0.3, -0.25) is 4.79 Å². The number of halogens is 2. The van der Waals surface area contributed by atoms with Crippen molar-refractivity contribution in [3.8, 4) is 0 Å². The Balaban J connectivity index is 2.16. The molecular formula is C14H12BrClN2O. The van der Waals surface area contributed by atoms with Gasteiger partial charge in [0.15, 0.2) is 0 Å². The maximum atomic E-state index is 12.1. The molecule has 2 aromatic rings.